The highest BCUT2D eigenvalue weighted by Gasteiger charge is 2.19. The van der Waals surface area contributed by atoms with Crippen LogP contribution in [0.3, 0.4) is 0 Å². The third-order valence-corrected chi connectivity index (χ3v) is 5.03. The van der Waals surface area contributed by atoms with E-state index >= 15 is 0 Å². The topological polar surface area (TPSA) is 35.6 Å². The van der Waals surface area contributed by atoms with Crippen LogP contribution in [0.15, 0.2) is 48.5 Å². The molecule has 0 aromatic heterocycles. The van der Waals surface area contributed by atoms with Crippen molar-refractivity contribution in [3.8, 4) is 0 Å². The first-order valence-corrected chi connectivity index (χ1v) is 9.03. The van der Waals surface area contributed by atoms with Gasteiger partial charge in [-0.05, 0) is 30.2 Å². The number of rotatable bonds is 5. The normalized spacial score (nSPS) is 15.9. The molecule has 2 aromatic carbocycles. The molecule has 2 aromatic rings. The van der Waals surface area contributed by atoms with Crippen molar-refractivity contribution in [3.05, 3.63) is 64.7 Å². The molecule has 25 heavy (non-hydrogen) atoms. The highest BCUT2D eigenvalue weighted by molar-refractivity contribution is 6.31. The SMILES string of the molecule is Cc1c(Cl)cccc1NC(=O)CN1CCN(Cc2ccccc2)CC1. The summed E-state index contributed by atoms with van der Waals surface area (Å²) in [6.07, 6.45) is 0. The summed E-state index contributed by atoms with van der Waals surface area (Å²) in [7, 11) is 0. The molecular weight excluding hydrogens is 334 g/mol. The summed E-state index contributed by atoms with van der Waals surface area (Å²) in [5, 5.41) is 3.64. The predicted molar refractivity (Wildman–Crippen MR) is 103 cm³/mol. The van der Waals surface area contributed by atoms with Crippen molar-refractivity contribution in [1.82, 2.24) is 9.80 Å². The Morgan fingerprint density at radius 3 is 2.40 bits per heavy atom. The zero-order valence-electron chi connectivity index (χ0n) is 14.5. The summed E-state index contributed by atoms with van der Waals surface area (Å²) in [5.74, 6) is 0.0156. The Morgan fingerprint density at radius 1 is 1.00 bits per heavy atom. The number of amides is 1. The van der Waals surface area contributed by atoms with E-state index < -0.39 is 0 Å². The molecule has 0 atom stereocenters. The van der Waals surface area contributed by atoms with Crippen LogP contribution in [0.5, 0.6) is 0 Å². The van der Waals surface area contributed by atoms with Crippen LogP contribution in [0.2, 0.25) is 5.02 Å². The van der Waals surface area contributed by atoms with E-state index in [2.05, 4.69) is 39.4 Å². The Kier molecular flexibility index (Phi) is 6.08. The molecule has 1 amide bonds. The maximum Gasteiger partial charge on any atom is 0.238 e. The molecule has 3 rings (SSSR count). The van der Waals surface area contributed by atoms with Crippen LogP contribution in [0.25, 0.3) is 0 Å². The molecule has 4 nitrogen and oxygen atoms in total. The lowest BCUT2D eigenvalue weighted by Crippen LogP contribution is -2.48. The Hall–Kier alpha value is -1.88. The van der Waals surface area contributed by atoms with Crippen LogP contribution in [-0.2, 0) is 11.3 Å². The van der Waals surface area contributed by atoms with Gasteiger partial charge in [0.25, 0.3) is 0 Å². The molecule has 132 valence electrons. The van der Waals surface area contributed by atoms with Crippen molar-refractivity contribution >= 4 is 23.2 Å². The molecule has 0 radical (unpaired) electrons. The van der Waals surface area contributed by atoms with Crippen LogP contribution in [0.1, 0.15) is 11.1 Å². The number of piperazine rings is 1. The van der Waals surface area contributed by atoms with Gasteiger partial charge in [-0.2, -0.15) is 0 Å². The van der Waals surface area contributed by atoms with E-state index in [4.69, 9.17) is 11.6 Å². The molecule has 0 saturated carbocycles. The predicted octanol–water partition coefficient (Wildman–Crippen LogP) is 3.40. The first-order valence-electron chi connectivity index (χ1n) is 8.65. The van der Waals surface area contributed by atoms with E-state index in [1.54, 1.807) is 0 Å². The van der Waals surface area contributed by atoms with E-state index in [9.17, 15) is 4.79 Å². The van der Waals surface area contributed by atoms with Gasteiger partial charge in [-0.1, -0.05) is 48.0 Å². The van der Waals surface area contributed by atoms with Gasteiger partial charge >= 0.3 is 0 Å². The maximum absolute atomic E-state index is 12.3. The molecule has 0 unspecified atom stereocenters. The lowest BCUT2D eigenvalue weighted by atomic mass is 10.2. The number of hydrogen-bond donors (Lipinski definition) is 1. The molecular formula is C20H24ClN3O. The zero-order valence-corrected chi connectivity index (χ0v) is 15.3. The quantitative estimate of drug-likeness (QED) is 0.890. The van der Waals surface area contributed by atoms with E-state index in [0.717, 1.165) is 44.0 Å². The number of carbonyl (C=O) groups is 1. The highest BCUT2D eigenvalue weighted by atomic mass is 35.5. The number of carbonyl (C=O) groups excluding carboxylic acids is 1. The number of halogens is 1. The van der Waals surface area contributed by atoms with E-state index in [1.165, 1.54) is 5.56 Å². The van der Waals surface area contributed by atoms with Gasteiger partial charge in [-0.25, -0.2) is 0 Å². The smallest absolute Gasteiger partial charge is 0.238 e. The molecule has 1 heterocycles. The Labute approximate surface area is 154 Å². The second kappa shape index (κ2) is 8.48. The van der Waals surface area contributed by atoms with Crippen molar-refractivity contribution < 1.29 is 4.79 Å². The summed E-state index contributed by atoms with van der Waals surface area (Å²) in [5.41, 5.74) is 3.04. The number of benzene rings is 2. The standard InChI is InChI=1S/C20H24ClN3O/c1-16-18(21)8-5-9-19(16)22-20(25)15-24-12-10-23(11-13-24)14-17-6-3-2-4-7-17/h2-9H,10-15H2,1H3,(H,22,25). The average Bonchev–Trinajstić information content (AvgIpc) is 2.62. The van der Waals surface area contributed by atoms with Gasteiger partial charge in [-0.3, -0.25) is 14.6 Å². The molecule has 1 aliphatic rings. The molecule has 0 bridgehead atoms. The summed E-state index contributed by atoms with van der Waals surface area (Å²) >= 11 is 6.10. The number of nitrogens with zero attached hydrogens (tertiary/aromatic N) is 2. The van der Waals surface area contributed by atoms with Crippen LogP contribution in [-0.4, -0.2) is 48.4 Å². The van der Waals surface area contributed by atoms with Gasteiger partial charge < -0.3 is 5.32 Å². The van der Waals surface area contributed by atoms with E-state index in [0.29, 0.717) is 11.6 Å². The minimum absolute atomic E-state index is 0.0156. The summed E-state index contributed by atoms with van der Waals surface area (Å²) in [6.45, 7) is 7.11. The Morgan fingerprint density at radius 2 is 1.68 bits per heavy atom. The number of hydrogen-bond acceptors (Lipinski definition) is 3. The third-order valence-electron chi connectivity index (χ3n) is 4.62. The fourth-order valence-corrected chi connectivity index (χ4v) is 3.26. The lowest BCUT2D eigenvalue weighted by Gasteiger charge is -2.34. The highest BCUT2D eigenvalue weighted by Crippen LogP contribution is 2.22. The molecule has 1 fully saturated rings. The minimum atomic E-state index is 0.0156. The largest absolute Gasteiger partial charge is 0.325 e. The minimum Gasteiger partial charge on any atom is -0.325 e. The fraction of sp³-hybridized carbons (Fsp3) is 0.350. The summed E-state index contributed by atoms with van der Waals surface area (Å²) < 4.78 is 0. The van der Waals surface area contributed by atoms with Crippen molar-refractivity contribution in [3.63, 3.8) is 0 Å². The summed E-state index contributed by atoms with van der Waals surface area (Å²) in [4.78, 5) is 16.9. The van der Waals surface area contributed by atoms with E-state index in [-0.39, 0.29) is 5.91 Å². The molecule has 1 saturated heterocycles. The Bertz CT molecular complexity index is 712. The maximum atomic E-state index is 12.3. The molecule has 1 N–H and O–H groups in total. The second-order valence-electron chi connectivity index (χ2n) is 6.50. The number of anilines is 1. The second-order valence-corrected chi connectivity index (χ2v) is 6.91. The monoisotopic (exact) mass is 357 g/mol. The molecule has 0 aliphatic carbocycles. The van der Waals surface area contributed by atoms with Crippen molar-refractivity contribution in [2.24, 2.45) is 0 Å². The van der Waals surface area contributed by atoms with Crippen LogP contribution < -0.4 is 5.32 Å². The van der Waals surface area contributed by atoms with Gasteiger partial charge in [0.2, 0.25) is 5.91 Å². The molecule has 5 heteroatoms. The van der Waals surface area contributed by atoms with Crippen LogP contribution in [0.4, 0.5) is 5.69 Å². The Balaban J connectivity index is 1.45. The van der Waals surface area contributed by atoms with Crippen molar-refractivity contribution in [1.29, 1.82) is 0 Å². The van der Waals surface area contributed by atoms with E-state index in [1.807, 2.05) is 31.2 Å². The first-order chi connectivity index (χ1) is 12.1. The lowest BCUT2D eigenvalue weighted by molar-refractivity contribution is -0.117. The van der Waals surface area contributed by atoms with Gasteiger partial charge in [-0.15, -0.1) is 0 Å². The van der Waals surface area contributed by atoms with Gasteiger partial charge in [0, 0.05) is 43.4 Å². The van der Waals surface area contributed by atoms with Crippen molar-refractivity contribution in [2.75, 3.05) is 38.0 Å². The fourth-order valence-electron chi connectivity index (χ4n) is 3.08. The molecule has 1 aliphatic heterocycles. The van der Waals surface area contributed by atoms with Gasteiger partial charge in [0.15, 0.2) is 0 Å². The van der Waals surface area contributed by atoms with Crippen LogP contribution in [0, 0.1) is 6.92 Å². The van der Waals surface area contributed by atoms with Gasteiger partial charge in [0.05, 0.1) is 6.54 Å². The van der Waals surface area contributed by atoms with Crippen LogP contribution >= 0.6 is 11.6 Å². The average molecular weight is 358 g/mol. The number of nitrogens with one attached hydrogen (secondary N) is 1. The van der Waals surface area contributed by atoms with Crippen molar-refractivity contribution in [2.45, 2.75) is 13.5 Å². The summed E-state index contributed by atoms with van der Waals surface area (Å²) in [6, 6.07) is 16.1. The first kappa shape index (κ1) is 17.9. The molecule has 0 spiro atoms. The zero-order chi connectivity index (χ0) is 17.6. The van der Waals surface area contributed by atoms with Gasteiger partial charge in [0.1, 0.15) is 0 Å². The third kappa shape index (κ3) is 5.05.